The summed E-state index contributed by atoms with van der Waals surface area (Å²) in [5.74, 6) is 0.576. The Morgan fingerprint density at radius 2 is 1.88 bits per heavy atom. The van der Waals surface area contributed by atoms with E-state index in [1.54, 1.807) is 0 Å². The molecule has 0 N–H and O–H groups in total. The average Bonchev–Trinajstić information content (AvgIpc) is 3.02. The van der Waals surface area contributed by atoms with Gasteiger partial charge >= 0.3 is 0 Å². The van der Waals surface area contributed by atoms with E-state index in [1.165, 1.54) is 11.1 Å². The maximum absolute atomic E-state index is 13.2. The van der Waals surface area contributed by atoms with Crippen molar-refractivity contribution in [1.29, 1.82) is 0 Å². The number of pyridine rings is 1. The number of aryl methyl sites for hydroxylation is 3. The predicted molar refractivity (Wildman–Crippen MR) is 100 cm³/mol. The quantitative estimate of drug-likeness (QED) is 0.697. The van der Waals surface area contributed by atoms with Gasteiger partial charge in [-0.2, -0.15) is 0 Å². The normalized spacial score (nSPS) is 15.6. The van der Waals surface area contributed by atoms with Crippen LogP contribution in [0, 0.1) is 20.8 Å². The maximum atomic E-state index is 13.2. The number of fused-ring (bicyclic) bond motifs is 1. The number of hydrogen-bond acceptors (Lipinski definition) is 4. The van der Waals surface area contributed by atoms with Gasteiger partial charge in [-0.3, -0.25) is 4.79 Å². The Morgan fingerprint density at radius 3 is 2.62 bits per heavy atom. The SMILES string of the molecule is Cc1cc(C(=O)N2CCC(c3ccccc3C)CC2)c2c(C)noc2n1. The molecule has 4 rings (SSSR count). The molecule has 1 aliphatic rings. The number of amides is 1. The molecule has 26 heavy (non-hydrogen) atoms. The Balaban J connectivity index is 1.56. The molecule has 0 spiro atoms. The molecule has 1 aromatic carbocycles. The molecule has 0 unspecified atom stereocenters. The molecule has 0 saturated carbocycles. The van der Waals surface area contributed by atoms with Gasteiger partial charge in [-0.05, 0) is 56.7 Å². The molecule has 2 aromatic heterocycles. The highest BCUT2D eigenvalue weighted by Crippen LogP contribution is 2.31. The van der Waals surface area contributed by atoms with Crippen molar-refractivity contribution in [2.24, 2.45) is 0 Å². The van der Waals surface area contributed by atoms with Gasteiger partial charge in [0.05, 0.1) is 16.6 Å². The molecule has 0 atom stereocenters. The van der Waals surface area contributed by atoms with Crippen molar-refractivity contribution in [3.63, 3.8) is 0 Å². The highest BCUT2D eigenvalue weighted by atomic mass is 16.5. The van der Waals surface area contributed by atoms with E-state index in [0.29, 0.717) is 22.9 Å². The fourth-order valence-electron chi connectivity index (χ4n) is 4.00. The summed E-state index contributed by atoms with van der Waals surface area (Å²) in [6.07, 6.45) is 1.98. The molecule has 1 aliphatic heterocycles. The smallest absolute Gasteiger partial charge is 0.258 e. The van der Waals surface area contributed by atoms with Crippen LogP contribution in [-0.2, 0) is 0 Å². The second-order valence-electron chi connectivity index (χ2n) is 7.18. The van der Waals surface area contributed by atoms with Crippen molar-refractivity contribution < 1.29 is 9.32 Å². The van der Waals surface area contributed by atoms with Crippen LogP contribution < -0.4 is 0 Å². The zero-order valence-electron chi connectivity index (χ0n) is 15.5. The molecule has 0 aliphatic carbocycles. The monoisotopic (exact) mass is 349 g/mol. The molecule has 0 bridgehead atoms. The lowest BCUT2D eigenvalue weighted by molar-refractivity contribution is 0.0714. The fourth-order valence-corrected chi connectivity index (χ4v) is 4.00. The third kappa shape index (κ3) is 2.87. The number of likely N-dealkylation sites (tertiary alicyclic amines) is 1. The Morgan fingerprint density at radius 1 is 1.15 bits per heavy atom. The molecule has 5 heteroatoms. The van der Waals surface area contributed by atoms with Crippen LogP contribution in [0.25, 0.3) is 11.1 Å². The number of carbonyl (C=O) groups is 1. The second-order valence-corrected chi connectivity index (χ2v) is 7.18. The minimum atomic E-state index is 0.0510. The van der Waals surface area contributed by atoms with E-state index in [4.69, 9.17) is 4.52 Å². The van der Waals surface area contributed by atoms with Crippen LogP contribution in [0.3, 0.4) is 0 Å². The summed E-state index contributed by atoms with van der Waals surface area (Å²) in [5.41, 5.74) is 5.33. The first kappa shape index (κ1) is 16.8. The van der Waals surface area contributed by atoms with E-state index < -0.39 is 0 Å². The molecule has 1 amide bonds. The van der Waals surface area contributed by atoms with Gasteiger partial charge in [-0.25, -0.2) is 4.98 Å². The van der Waals surface area contributed by atoms with Gasteiger partial charge in [0.2, 0.25) is 0 Å². The molecule has 3 aromatic rings. The number of nitrogens with zero attached hydrogens (tertiary/aromatic N) is 3. The van der Waals surface area contributed by atoms with E-state index in [0.717, 1.165) is 37.0 Å². The number of rotatable bonds is 2. The van der Waals surface area contributed by atoms with Crippen LogP contribution in [0.15, 0.2) is 34.9 Å². The van der Waals surface area contributed by atoms with Crippen LogP contribution in [0.2, 0.25) is 0 Å². The van der Waals surface area contributed by atoms with Crippen molar-refractivity contribution in [1.82, 2.24) is 15.0 Å². The number of carbonyl (C=O) groups excluding carboxylic acids is 1. The Kier molecular flexibility index (Phi) is 4.23. The van der Waals surface area contributed by atoms with E-state index >= 15 is 0 Å². The summed E-state index contributed by atoms with van der Waals surface area (Å²) < 4.78 is 5.26. The molecule has 1 fully saturated rings. The summed E-state index contributed by atoms with van der Waals surface area (Å²) in [7, 11) is 0. The van der Waals surface area contributed by atoms with Gasteiger partial charge in [0, 0.05) is 18.8 Å². The lowest BCUT2D eigenvalue weighted by atomic mass is 9.86. The third-order valence-electron chi connectivity index (χ3n) is 5.39. The third-order valence-corrected chi connectivity index (χ3v) is 5.39. The Bertz CT molecular complexity index is 969. The number of aromatic nitrogens is 2. The highest BCUT2D eigenvalue weighted by molar-refractivity contribution is 6.06. The summed E-state index contributed by atoms with van der Waals surface area (Å²) in [6, 6.07) is 10.4. The number of piperidine rings is 1. The van der Waals surface area contributed by atoms with Gasteiger partial charge in [-0.15, -0.1) is 0 Å². The number of hydrogen-bond donors (Lipinski definition) is 0. The fraction of sp³-hybridized carbons (Fsp3) is 0.381. The molecule has 3 heterocycles. The maximum Gasteiger partial charge on any atom is 0.258 e. The zero-order chi connectivity index (χ0) is 18.3. The van der Waals surface area contributed by atoms with Crippen LogP contribution in [-0.4, -0.2) is 34.0 Å². The molecule has 134 valence electrons. The second kappa shape index (κ2) is 6.56. The highest BCUT2D eigenvalue weighted by Gasteiger charge is 2.27. The number of benzene rings is 1. The first-order chi connectivity index (χ1) is 12.5. The standard InChI is InChI=1S/C21H23N3O2/c1-13-6-4-5-7-17(13)16-8-10-24(11-9-16)21(25)18-12-14(2)22-20-19(18)15(3)23-26-20/h4-7,12,16H,8-11H2,1-3H3. The predicted octanol–water partition coefficient (Wildman–Crippen LogP) is 4.17. The van der Waals surface area contributed by atoms with E-state index in [-0.39, 0.29) is 5.91 Å². The Hall–Kier alpha value is -2.69. The summed E-state index contributed by atoms with van der Waals surface area (Å²) in [4.78, 5) is 19.5. The van der Waals surface area contributed by atoms with Gasteiger partial charge in [0.1, 0.15) is 0 Å². The van der Waals surface area contributed by atoms with Crippen molar-refractivity contribution in [3.05, 3.63) is 58.4 Å². The van der Waals surface area contributed by atoms with Crippen molar-refractivity contribution in [3.8, 4) is 0 Å². The minimum Gasteiger partial charge on any atom is -0.339 e. The van der Waals surface area contributed by atoms with E-state index in [2.05, 4.69) is 41.3 Å². The van der Waals surface area contributed by atoms with Crippen molar-refractivity contribution in [2.45, 2.75) is 39.5 Å². The van der Waals surface area contributed by atoms with Crippen molar-refractivity contribution >= 4 is 17.0 Å². The molecule has 0 radical (unpaired) electrons. The van der Waals surface area contributed by atoms with Crippen LogP contribution >= 0.6 is 0 Å². The lowest BCUT2D eigenvalue weighted by Crippen LogP contribution is -2.38. The van der Waals surface area contributed by atoms with Crippen LogP contribution in [0.1, 0.15) is 51.6 Å². The largest absolute Gasteiger partial charge is 0.339 e. The zero-order valence-corrected chi connectivity index (χ0v) is 15.5. The van der Waals surface area contributed by atoms with Crippen molar-refractivity contribution in [2.75, 3.05) is 13.1 Å². The van der Waals surface area contributed by atoms with Gasteiger partial charge in [0.25, 0.3) is 11.6 Å². The molecule has 1 saturated heterocycles. The van der Waals surface area contributed by atoms with Crippen LogP contribution in [0.5, 0.6) is 0 Å². The summed E-state index contributed by atoms with van der Waals surface area (Å²) >= 11 is 0. The van der Waals surface area contributed by atoms with Gasteiger partial charge in [-0.1, -0.05) is 29.4 Å². The van der Waals surface area contributed by atoms with Gasteiger partial charge in [0.15, 0.2) is 0 Å². The topological polar surface area (TPSA) is 59.2 Å². The average molecular weight is 349 g/mol. The van der Waals surface area contributed by atoms with Gasteiger partial charge < -0.3 is 9.42 Å². The first-order valence-corrected chi connectivity index (χ1v) is 9.13. The molecule has 5 nitrogen and oxygen atoms in total. The lowest BCUT2D eigenvalue weighted by Gasteiger charge is -2.33. The summed E-state index contributed by atoms with van der Waals surface area (Å²) in [5, 5.41) is 4.72. The summed E-state index contributed by atoms with van der Waals surface area (Å²) in [6.45, 7) is 7.43. The van der Waals surface area contributed by atoms with E-state index in [1.807, 2.05) is 24.8 Å². The Labute approximate surface area is 153 Å². The van der Waals surface area contributed by atoms with Crippen LogP contribution in [0.4, 0.5) is 0 Å². The molecular formula is C21H23N3O2. The minimum absolute atomic E-state index is 0.0510. The first-order valence-electron chi connectivity index (χ1n) is 9.13. The molecular weight excluding hydrogens is 326 g/mol. The van der Waals surface area contributed by atoms with E-state index in [9.17, 15) is 4.79 Å².